The van der Waals surface area contributed by atoms with Gasteiger partial charge in [-0.3, -0.25) is 4.79 Å². The molecule has 0 unspecified atom stereocenters. The van der Waals surface area contributed by atoms with E-state index in [9.17, 15) is 13.2 Å². The summed E-state index contributed by atoms with van der Waals surface area (Å²) < 4.78 is 29.1. The minimum Gasteiger partial charge on any atom is -0.322 e. The first-order chi connectivity index (χ1) is 15.4. The third-order valence-corrected chi connectivity index (χ3v) is 7.68. The van der Waals surface area contributed by atoms with E-state index >= 15 is 0 Å². The molecule has 3 aromatic rings. The summed E-state index contributed by atoms with van der Waals surface area (Å²) in [5.41, 5.74) is 1.50. The lowest BCUT2D eigenvalue weighted by Crippen LogP contribution is -2.47. The Hall–Kier alpha value is -2.80. The summed E-state index contributed by atoms with van der Waals surface area (Å²) in [5, 5.41) is 15.0. The van der Waals surface area contributed by atoms with Crippen molar-refractivity contribution in [2.24, 2.45) is 0 Å². The van der Waals surface area contributed by atoms with Crippen molar-refractivity contribution in [2.45, 2.75) is 10.1 Å². The highest BCUT2D eigenvalue weighted by Crippen LogP contribution is 2.21. The van der Waals surface area contributed by atoms with Crippen LogP contribution >= 0.6 is 11.8 Å². The SMILES string of the molecule is CSc1nnnn1-c1cccc(NC(=O)c2cccc(S(=O)(=O)N3CCN(C)CC3)c2)c1. The van der Waals surface area contributed by atoms with Gasteiger partial charge in [0.1, 0.15) is 0 Å². The molecular weight excluding hydrogens is 450 g/mol. The maximum Gasteiger partial charge on any atom is 0.255 e. The summed E-state index contributed by atoms with van der Waals surface area (Å²) in [4.78, 5) is 15.1. The van der Waals surface area contributed by atoms with Crippen LogP contribution in [0.3, 0.4) is 0 Å². The van der Waals surface area contributed by atoms with Gasteiger partial charge >= 0.3 is 0 Å². The number of anilines is 1. The molecule has 1 saturated heterocycles. The van der Waals surface area contributed by atoms with E-state index in [1.165, 1.54) is 28.2 Å². The van der Waals surface area contributed by atoms with E-state index in [0.29, 0.717) is 42.7 Å². The second-order valence-corrected chi connectivity index (χ2v) is 10.0. The van der Waals surface area contributed by atoms with E-state index in [4.69, 9.17) is 0 Å². The Morgan fingerprint density at radius 1 is 1.06 bits per heavy atom. The molecule has 0 radical (unpaired) electrons. The molecule has 2 heterocycles. The van der Waals surface area contributed by atoms with Crippen LogP contribution in [-0.2, 0) is 10.0 Å². The second-order valence-electron chi connectivity index (χ2n) is 7.32. The predicted octanol–water partition coefficient (Wildman–Crippen LogP) is 1.57. The van der Waals surface area contributed by atoms with Gasteiger partial charge in [0.15, 0.2) is 0 Å². The number of carbonyl (C=O) groups excluding carboxylic acids is 1. The van der Waals surface area contributed by atoms with Gasteiger partial charge in [-0.2, -0.15) is 8.99 Å². The molecule has 1 N–H and O–H groups in total. The highest BCUT2D eigenvalue weighted by atomic mass is 32.2. The third kappa shape index (κ3) is 4.67. The summed E-state index contributed by atoms with van der Waals surface area (Å²) >= 11 is 1.41. The molecule has 4 rings (SSSR count). The fourth-order valence-corrected chi connectivity index (χ4v) is 5.26. The first-order valence-corrected chi connectivity index (χ1v) is 12.6. The number of aromatic nitrogens is 4. The van der Waals surface area contributed by atoms with Crippen molar-refractivity contribution in [3.05, 3.63) is 54.1 Å². The standard InChI is InChI=1S/C20H23N7O3S2/c1-25-9-11-26(12-10-25)32(29,30)18-8-3-5-15(13-18)19(28)21-16-6-4-7-17(14-16)27-20(31-2)22-23-24-27/h3-8,13-14H,9-12H2,1-2H3,(H,21,28). The predicted molar refractivity (Wildman–Crippen MR) is 122 cm³/mol. The van der Waals surface area contributed by atoms with Gasteiger partial charge in [-0.15, -0.1) is 5.10 Å². The van der Waals surface area contributed by atoms with Crippen molar-refractivity contribution >= 4 is 33.4 Å². The van der Waals surface area contributed by atoms with Crippen LogP contribution in [-0.4, -0.2) is 83.2 Å². The van der Waals surface area contributed by atoms with E-state index in [0.717, 1.165) is 0 Å². The summed E-state index contributed by atoms with van der Waals surface area (Å²) in [7, 11) is -1.70. The molecule has 1 aliphatic heterocycles. The number of nitrogens with one attached hydrogen (secondary N) is 1. The maximum absolute atomic E-state index is 13.0. The van der Waals surface area contributed by atoms with Gasteiger partial charge in [-0.05, 0) is 60.1 Å². The highest BCUT2D eigenvalue weighted by molar-refractivity contribution is 7.98. The fourth-order valence-electron chi connectivity index (χ4n) is 3.36. The largest absolute Gasteiger partial charge is 0.322 e. The number of thioether (sulfide) groups is 1. The zero-order valence-corrected chi connectivity index (χ0v) is 19.3. The number of tetrazole rings is 1. The molecule has 1 aromatic heterocycles. The summed E-state index contributed by atoms with van der Waals surface area (Å²) in [6.07, 6.45) is 1.87. The average Bonchev–Trinajstić information content (AvgIpc) is 3.29. The molecule has 0 spiro atoms. The first kappa shape index (κ1) is 22.4. The normalized spacial score (nSPS) is 15.6. The molecule has 1 fully saturated rings. The van der Waals surface area contributed by atoms with Crippen molar-refractivity contribution < 1.29 is 13.2 Å². The van der Waals surface area contributed by atoms with Crippen LogP contribution in [0.15, 0.2) is 58.6 Å². The van der Waals surface area contributed by atoms with Crippen LogP contribution in [0, 0.1) is 0 Å². The number of carbonyl (C=O) groups is 1. The highest BCUT2D eigenvalue weighted by Gasteiger charge is 2.28. The zero-order chi connectivity index (χ0) is 22.7. The van der Waals surface area contributed by atoms with E-state index in [1.807, 2.05) is 19.4 Å². The summed E-state index contributed by atoms with van der Waals surface area (Å²) in [5.74, 6) is -0.403. The number of amides is 1. The van der Waals surface area contributed by atoms with Crippen LogP contribution in [0.5, 0.6) is 0 Å². The van der Waals surface area contributed by atoms with Crippen LogP contribution in [0.25, 0.3) is 5.69 Å². The molecular formula is C20H23N7O3S2. The Kier molecular flexibility index (Phi) is 6.55. The van der Waals surface area contributed by atoms with Gasteiger partial charge in [0.2, 0.25) is 15.2 Å². The van der Waals surface area contributed by atoms with Gasteiger partial charge in [-0.25, -0.2) is 8.42 Å². The number of benzene rings is 2. The number of nitrogens with zero attached hydrogens (tertiary/aromatic N) is 6. The number of piperazine rings is 1. The Labute approximate surface area is 190 Å². The van der Waals surface area contributed by atoms with Gasteiger partial charge in [0, 0.05) is 37.4 Å². The summed E-state index contributed by atoms with van der Waals surface area (Å²) in [6, 6.07) is 13.2. The molecule has 32 heavy (non-hydrogen) atoms. The first-order valence-electron chi connectivity index (χ1n) is 9.91. The average molecular weight is 474 g/mol. The number of hydrogen-bond donors (Lipinski definition) is 1. The molecule has 2 aromatic carbocycles. The number of likely N-dealkylation sites (N-methyl/N-ethyl adjacent to an activating group) is 1. The molecule has 0 aliphatic carbocycles. The van der Waals surface area contributed by atoms with Crippen LogP contribution < -0.4 is 5.32 Å². The van der Waals surface area contributed by atoms with Crippen molar-refractivity contribution in [2.75, 3.05) is 44.8 Å². The van der Waals surface area contributed by atoms with Crippen LogP contribution in [0.2, 0.25) is 0 Å². The minimum absolute atomic E-state index is 0.113. The molecule has 0 saturated carbocycles. The van der Waals surface area contributed by atoms with Crippen LogP contribution in [0.1, 0.15) is 10.4 Å². The third-order valence-electron chi connectivity index (χ3n) is 5.17. The van der Waals surface area contributed by atoms with Gasteiger partial charge in [0.05, 0.1) is 10.6 Å². The van der Waals surface area contributed by atoms with Crippen molar-refractivity contribution in [3.8, 4) is 5.69 Å². The van der Waals surface area contributed by atoms with E-state index < -0.39 is 15.9 Å². The fraction of sp³-hybridized carbons (Fsp3) is 0.300. The Balaban J connectivity index is 1.53. The molecule has 0 bridgehead atoms. The second kappa shape index (κ2) is 9.36. The van der Waals surface area contributed by atoms with Crippen molar-refractivity contribution in [1.29, 1.82) is 0 Å². The zero-order valence-electron chi connectivity index (χ0n) is 17.7. The smallest absolute Gasteiger partial charge is 0.255 e. The lowest BCUT2D eigenvalue weighted by Gasteiger charge is -2.31. The lowest BCUT2D eigenvalue weighted by atomic mass is 10.2. The summed E-state index contributed by atoms with van der Waals surface area (Å²) in [6.45, 7) is 2.21. The number of sulfonamides is 1. The quantitative estimate of drug-likeness (QED) is 0.537. The Bertz CT molecular complexity index is 1220. The molecule has 10 nitrogen and oxygen atoms in total. The van der Waals surface area contributed by atoms with Crippen LogP contribution in [0.4, 0.5) is 5.69 Å². The van der Waals surface area contributed by atoms with Crippen molar-refractivity contribution in [3.63, 3.8) is 0 Å². The Morgan fingerprint density at radius 3 is 2.56 bits per heavy atom. The maximum atomic E-state index is 13.0. The molecule has 0 atom stereocenters. The van der Waals surface area contributed by atoms with E-state index in [-0.39, 0.29) is 10.5 Å². The lowest BCUT2D eigenvalue weighted by molar-refractivity contribution is 0.102. The topological polar surface area (TPSA) is 113 Å². The van der Waals surface area contributed by atoms with Gasteiger partial charge in [-0.1, -0.05) is 23.9 Å². The monoisotopic (exact) mass is 473 g/mol. The molecule has 1 amide bonds. The molecule has 168 valence electrons. The van der Waals surface area contributed by atoms with E-state index in [2.05, 4.69) is 25.7 Å². The number of hydrogen-bond acceptors (Lipinski definition) is 8. The van der Waals surface area contributed by atoms with Gasteiger partial charge in [0.25, 0.3) is 5.91 Å². The molecule has 1 aliphatic rings. The van der Waals surface area contributed by atoms with Gasteiger partial charge < -0.3 is 10.2 Å². The van der Waals surface area contributed by atoms with E-state index in [1.54, 1.807) is 35.0 Å². The number of rotatable bonds is 6. The minimum atomic E-state index is -3.66. The Morgan fingerprint density at radius 2 is 1.81 bits per heavy atom. The van der Waals surface area contributed by atoms with Crippen molar-refractivity contribution in [1.82, 2.24) is 29.4 Å². The molecule has 12 heteroatoms.